The van der Waals surface area contributed by atoms with Gasteiger partial charge < -0.3 is 13.8 Å². The Kier molecular flexibility index (Phi) is 7.62. The molecular weight excluding hydrogens is 393 g/mol. The monoisotopic (exact) mass is 414 g/mol. The SMILES string of the molecule is CCOP(=S)(OCC)C(F)(F)C(=O)c1ccc(OCc2ccccc2)cc1. The Bertz CT molecular complexity index is 787. The van der Waals surface area contributed by atoms with Crippen molar-refractivity contribution in [2.24, 2.45) is 0 Å². The van der Waals surface area contributed by atoms with Crippen molar-refractivity contribution >= 4 is 24.1 Å². The highest BCUT2D eigenvalue weighted by Crippen LogP contribution is 2.63. The van der Waals surface area contributed by atoms with Crippen LogP contribution in [0.2, 0.25) is 0 Å². The minimum atomic E-state index is -4.09. The first kappa shape index (κ1) is 21.6. The maximum Gasteiger partial charge on any atom is 0.381 e. The van der Waals surface area contributed by atoms with E-state index in [4.69, 9.17) is 25.6 Å². The molecule has 0 aliphatic carbocycles. The molecule has 0 saturated carbocycles. The van der Waals surface area contributed by atoms with Gasteiger partial charge in [-0.2, -0.15) is 8.78 Å². The summed E-state index contributed by atoms with van der Waals surface area (Å²) in [5, 5.41) is 0. The minimum Gasteiger partial charge on any atom is -0.489 e. The smallest absolute Gasteiger partial charge is 0.381 e. The molecular formula is C19H21F2O4PS. The lowest BCUT2D eigenvalue weighted by atomic mass is 10.1. The predicted octanol–water partition coefficient (Wildman–Crippen LogP) is 5.42. The van der Waals surface area contributed by atoms with Crippen LogP contribution in [-0.2, 0) is 27.5 Å². The summed E-state index contributed by atoms with van der Waals surface area (Å²) in [7, 11) is 0. The van der Waals surface area contributed by atoms with Crippen LogP contribution in [0.4, 0.5) is 8.78 Å². The van der Waals surface area contributed by atoms with Crippen molar-refractivity contribution in [2.75, 3.05) is 13.2 Å². The molecule has 2 aromatic carbocycles. The number of carbonyl (C=O) groups is 1. The van der Waals surface area contributed by atoms with Gasteiger partial charge in [-0.25, -0.2) is 0 Å². The lowest BCUT2D eigenvalue weighted by molar-refractivity contribution is 0.0409. The van der Waals surface area contributed by atoms with Gasteiger partial charge >= 0.3 is 5.66 Å². The number of halogens is 2. The molecule has 4 nitrogen and oxygen atoms in total. The van der Waals surface area contributed by atoms with Gasteiger partial charge in [0.25, 0.3) is 6.49 Å². The summed E-state index contributed by atoms with van der Waals surface area (Å²) in [5.41, 5.74) is -3.13. The molecule has 0 saturated heterocycles. The van der Waals surface area contributed by atoms with Crippen LogP contribution in [0.3, 0.4) is 0 Å². The van der Waals surface area contributed by atoms with Crippen molar-refractivity contribution in [3.8, 4) is 5.75 Å². The van der Waals surface area contributed by atoms with E-state index in [0.29, 0.717) is 12.4 Å². The summed E-state index contributed by atoms with van der Waals surface area (Å²) in [6.45, 7) is -0.828. The van der Waals surface area contributed by atoms with Crippen LogP contribution >= 0.6 is 6.49 Å². The topological polar surface area (TPSA) is 44.8 Å². The predicted molar refractivity (Wildman–Crippen MR) is 104 cm³/mol. The molecule has 2 rings (SSSR count). The number of rotatable bonds is 10. The number of benzene rings is 2. The maximum absolute atomic E-state index is 14.7. The van der Waals surface area contributed by atoms with E-state index in [2.05, 4.69) is 0 Å². The first-order valence-electron chi connectivity index (χ1n) is 8.42. The number of carbonyl (C=O) groups excluding carboxylic acids is 1. The molecule has 146 valence electrons. The van der Waals surface area contributed by atoms with E-state index in [-0.39, 0.29) is 18.8 Å². The molecule has 0 aromatic heterocycles. The lowest BCUT2D eigenvalue weighted by Gasteiger charge is -2.28. The van der Waals surface area contributed by atoms with Crippen LogP contribution in [0.5, 0.6) is 5.75 Å². The van der Waals surface area contributed by atoms with E-state index >= 15 is 0 Å². The molecule has 0 amide bonds. The molecule has 0 aliphatic rings. The van der Waals surface area contributed by atoms with Gasteiger partial charge in [-0.3, -0.25) is 4.79 Å². The van der Waals surface area contributed by atoms with Crippen molar-refractivity contribution in [1.29, 1.82) is 0 Å². The summed E-state index contributed by atoms with van der Waals surface area (Å²) >= 11 is 4.91. The molecule has 0 bridgehead atoms. The summed E-state index contributed by atoms with van der Waals surface area (Å²) < 4.78 is 45.0. The number of alkyl halides is 2. The normalized spacial score (nSPS) is 12.0. The third kappa shape index (κ3) is 5.20. The van der Waals surface area contributed by atoms with Crippen molar-refractivity contribution in [3.63, 3.8) is 0 Å². The van der Waals surface area contributed by atoms with Gasteiger partial charge in [-0.1, -0.05) is 30.3 Å². The second-order valence-corrected chi connectivity index (χ2v) is 9.02. The number of ether oxygens (including phenoxy) is 1. The first-order valence-corrected chi connectivity index (χ1v) is 11.1. The number of hydrogen-bond acceptors (Lipinski definition) is 5. The number of hydrogen-bond donors (Lipinski definition) is 0. The Labute approximate surface area is 162 Å². The molecule has 0 aliphatic heterocycles. The van der Waals surface area contributed by atoms with E-state index in [1.165, 1.54) is 38.1 Å². The van der Waals surface area contributed by atoms with Crippen molar-refractivity contribution < 1.29 is 27.4 Å². The quantitative estimate of drug-likeness (QED) is 0.384. The highest BCUT2D eigenvalue weighted by atomic mass is 32.5. The molecule has 0 fully saturated rings. The maximum atomic E-state index is 14.7. The summed E-state index contributed by atoms with van der Waals surface area (Å²) in [6.07, 6.45) is 0. The van der Waals surface area contributed by atoms with Gasteiger partial charge in [0.05, 0.1) is 13.2 Å². The summed E-state index contributed by atoms with van der Waals surface area (Å²) in [4.78, 5) is 12.4. The molecule has 27 heavy (non-hydrogen) atoms. The third-order valence-electron chi connectivity index (χ3n) is 3.58. The zero-order chi connectivity index (χ0) is 19.9. The lowest BCUT2D eigenvalue weighted by Crippen LogP contribution is -2.30. The highest BCUT2D eigenvalue weighted by Gasteiger charge is 2.55. The zero-order valence-corrected chi connectivity index (χ0v) is 16.8. The van der Waals surface area contributed by atoms with E-state index in [0.717, 1.165) is 5.56 Å². The second kappa shape index (κ2) is 9.51. The van der Waals surface area contributed by atoms with Gasteiger partial charge in [-0.15, -0.1) is 0 Å². The molecule has 0 atom stereocenters. The third-order valence-corrected chi connectivity index (χ3v) is 6.99. The van der Waals surface area contributed by atoms with Gasteiger partial charge in [0.15, 0.2) is 0 Å². The van der Waals surface area contributed by atoms with Gasteiger partial charge in [0.1, 0.15) is 12.4 Å². The fourth-order valence-corrected chi connectivity index (χ4v) is 4.62. The fraction of sp³-hybridized carbons (Fsp3) is 0.316. The summed E-state index contributed by atoms with van der Waals surface area (Å²) in [5.74, 6) is -0.949. The van der Waals surface area contributed by atoms with Crippen LogP contribution in [0.25, 0.3) is 0 Å². The molecule has 0 heterocycles. The molecule has 0 N–H and O–H groups in total. The Hall–Kier alpha value is -1.66. The standard InChI is InChI=1S/C19H21F2O4PS/c1-3-24-26(27,25-4-2)19(20,21)18(22)16-10-12-17(13-11-16)23-14-15-8-6-5-7-9-15/h5-13H,3-4,14H2,1-2H3. The van der Waals surface area contributed by atoms with Crippen LogP contribution < -0.4 is 4.74 Å². The van der Waals surface area contributed by atoms with Crippen molar-refractivity contribution in [3.05, 3.63) is 65.7 Å². The second-order valence-electron chi connectivity index (χ2n) is 5.50. The molecule has 2 aromatic rings. The van der Waals surface area contributed by atoms with Gasteiger partial charge in [-0.05, 0) is 55.5 Å². The van der Waals surface area contributed by atoms with Crippen molar-refractivity contribution in [1.82, 2.24) is 0 Å². The molecule has 8 heteroatoms. The van der Waals surface area contributed by atoms with E-state index < -0.39 is 17.9 Å². The Balaban J connectivity index is 2.12. The van der Waals surface area contributed by atoms with Crippen LogP contribution in [0.15, 0.2) is 54.6 Å². The molecule has 0 unspecified atom stereocenters. The van der Waals surface area contributed by atoms with Crippen molar-refractivity contribution in [2.45, 2.75) is 26.1 Å². The first-order chi connectivity index (χ1) is 12.8. The molecule has 0 spiro atoms. The highest BCUT2D eigenvalue weighted by molar-refractivity contribution is 8.10. The molecule has 0 radical (unpaired) electrons. The largest absolute Gasteiger partial charge is 0.489 e. The average molecular weight is 414 g/mol. The van der Waals surface area contributed by atoms with Crippen LogP contribution in [-0.4, -0.2) is 24.7 Å². The average Bonchev–Trinajstić information content (AvgIpc) is 2.67. The van der Waals surface area contributed by atoms with E-state index in [1.54, 1.807) is 0 Å². The Morgan fingerprint density at radius 3 is 2.07 bits per heavy atom. The fourth-order valence-electron chi connectivity index (χ4n) is 2.28. The zero-order valence-electron chi connectivity index (χ0n) is 15.1. The minimum absolute atomic E-state index is 0.0631. The van der Waals surface area contributed by atoms with Crippen LogP contribution in [0.1, 0.15) is 29.8 Å². The van der Waals surface area contributed by atoms with Gasteiger partial charge in [0.2, 0.25) is 5.78 Å². The Morgan fingerprint density at radius 2 is 1.56 bits per heavy atom. The number of Topliss-reactive ketones (excluding diaryl/α,β-unsaturated/α-hetero) is 1. The summed E-state index contributed by atoms with van der Waals surface area (Å²) in [6, 6.07) is 15.0. The van der Waals surface area contributed by atoms with Crippen LogP contribution in [0, 0.1) is 0 Å². The van der Waals surface area contributed by atoms with Gasteiger partial charge in [0, 0.05) is 5.56 Å². The van der Waals surface area contributed by atoms with E-state index in [9.17, 15) is 13.6 Å². The Morgan fingerprint density at radius 1 is 1.00 bits per heavy atom. The van der Waals surface area contributed by atoms with E-state index in [1.807, 2.05) is 30.3 Å². The number of ketones is 1.